The van der Waals surface area contributed by atoms with Gasteiger partial charge >= 0.3 is 18.2 Å². The quantitative estimate of drug-likeness (QED) is 0.614. The highest BCUT2D eigenvalue weighted by Crippen LogP contribution is 2.38. The minimum absolute atomic E-state index is 0.338. The van der Waals surface area contributed by atoms with E-state index in [2.05, 4.69) is 0 Å². The molecule has 108 valence electrons. The second-order valence-corrected chi connectivity index (χ2v) is 3.93. The lowest BCUT2D eigenvalue weighted by atomic mass is 9.89. The predicted octanol–water partition coefficient (Wildman–Crippen LogP) is 1.32. The topological polar surface area (TPSA) is 74.7 Å². The number of hydrogen-bond donors (Lipinski definition) is 1. The third-order valence-corrected chi connectivity index (χ3v) is 2.67. The first-order valence-electron chi connectivity index (χ1n) is 4.98. The SMILES string of the molecule is O=C1CCN(C(=O)O)CC1C(=O)C(F)(F)C(F)(F)F. The summed E-state index contributed by atoms with van der Waals surface area (Å²) in [4.78, 5) is 33.4. The van der Waals surface area contributed by atoms with E-state index in [1.54, 1.807) is 0 Å². The number of carboxylic acid groups (broad SMARTS) is 1. The van der Waals surface area contributed by atoms with Gasteiger partial charge in [-0.3, -0.25) is 9.59 Å². The number of piperidine rings is 1. The molecule has 1 fully saturated rings. The number of halogens is 5. The molecule has 0 saturated carbocycles. The number of carbonyl (C=O) groups is 3. The van der Waals surface area contributed by atoms with Crippen LogP contribution in [0.25, 0.3) is 0 Å². The van der Waals surface area contributed by atoms with Crippen molar-refractivity contribution in [2.24, 2.45) is 5.92 Å². The van der Waals surface area contributed by atoms with Crippen molar-refractivity contribution < 1.29 is 41.4 Å². The van der Waals surface area contributed by atoms with E-state index in [1.165, 1.54) is 0 Å². The summed E-state index contributed by atoms with van der Waals surface area (Å²) in [5.41, 5.74) is 0. The highest BCUT2D eigenvalue weighted by Gasteiger charge is 2.65. The van der Waals surface area contributed by atoms with Crippen molar-refractivity contribution >= 4 is 17.7 Å². The van der Waals surface area contributed by atoms with Crippen molar-refractivity contribution in [3.63, 3.8) is 0 Å². The Bertz CT molecular complexity index is 419. The Morgan fingerprint density at radius 3 is 2.16 bits per heavy atom. The Hall–Kier alpha value is -1.74. The van der Waals surface area contributed by atoms with E-state index in [0.29, 0.717) is 4.90 Å². The number of hydrogen-bond acceptors (Lipinski definition) is 3. The zero-order chi connectivity index (χ0) is 15.0. The van der Waals surface area contributed by atoms with Gasteiger partial charge in [0.25, 0.3) is 0 Å². The molecule has 0 spiro atoms. The molecule has 0 bridgehead atoms. The number of alkyl halides is 5. The van der Waals surface area contributed by atoms with Crippen molar-refractivity contribution in [1.29, 1.82) is 0 Å². The van der Waals surface area contributed by atoms with Crippen LogP contribution in [0.4, 0.5) is 26.7 Å². The molecule has 0 aliphatic carbocycles. The lowest BCUT2D eigenvalue weighted by Crippen LogP contribution is -2.54. The smallest absolute Gasteiger partial charge is 0.461 e. The minimum Gasteiger partial charge on any atom is -0.465 e. The molecule has 1 rings (SSSR count). The first-order valence-corrected chi connectivity index (χ1v) is 4.98. The zero-order valence-electron chi connectivity index (χ0n) is 9.21. The van der Waals surface area contributed by atoms with Gasteiger partial charge in [-0.15, -0.1) is 0 Å². The molecule has 19 heavy (non-hydrogen) atoms. The summed E-state index contributed by atoms with van der Waals surface area (Å²) in [6, 6.07) is 0. The van der Waals surface area contributed by atoms with Crippen LogP contribution in [0.3, 0.4) is 0 Å². The predicted molar refractivity (Wildman–Crippen MR) is 48.7 cm³/mol. The van der Waals surface area contributed by atoms with E-state index in [4.69, 9.17) is 5.11 Å². The summed E-state index contributed by atoms with van der Waals surface area (Å²) in [7, 11) is 0. The first-order chi connectivity index (χ1) is 8.48. The van der Waals surface area contributed by atoms with Crippen LogP contribution in [0.1, 0.15) is 6.42 Å². The standard InChI is InChI=1S/C9H8F5NO4/c10-8(11,9(12,13)14)6(17)4-3-15(7(18)19)2-1-5(4)16/h4H,1-3H2,(H,18,19). The van der Waals surface area contributed by atoms with Gasteiger partial charge in [0.15, 0.2) is 0 Å². The Kier molecular flexibility index (Phi) is 3.82. The van der Waals surface area contributed by atoms with Gasteiger partial charge in [0.05, 0.1) is 0 Å². The van der Waals surface area contributed by atoms with E-state index in [9.17, 15) is 36.3 Å². The molecule has 0 aromatic rings. The van der Waals surface area contributed by atoms with Crippen molar-refractivity contribution in [3.8, 4) is 0 Å². The largest absolute Gasteiger partial charge is 0.465 e. The monoisotopic (exact) mass is 289 g/mol. The van der Waals surface area contributed by atoms with Crippen molar-refractivity contribution in [2.75, 3.05) is 13.1 Å². The summed E-state index contributed by atoms with van der Waals surface area (Å²) in [5, 5.41) is 8.58. The molecule has 1 N–H and O–H groups in total. The summed E-state index contributed by atoms with van der Waals surface area (Å²) in [6.45, 7) is -1.33. The van der Waals surface area contributed by atoms with Gasteiger partial charge in [0.1, 0.15) is 11.7 Å². The van der Waals surface area contributed by atoms with Crippen LogP contribution < -0.4 is 0 Å². The zero-order valence-corrected chi connectivity index (χ0v) is 9.21. The molecule has 1 unspecified atom stereocenters. The van der Waals surface area contributed by atoms with Crippen LogP contribution in [0.15, 0.2) is 0 Å². The normalized spacial score (nSPS) is 21.4. The summed E-state index contributed by atoms with van der Waals surface area (Å²) < 4.78 is 61.7. The van der Waals surface area contributed by atoms with Crippen molar-refractivity contribution in [3.05, 3.63) is 0 Å². The van der Waals surface area contributed by atoms with Gasteiger partial charge < -0.3 is 10.0 Å². The Morgan fingerprint density at radius 1 is 1.21 bits per heavy atom. The maximum absolute atomic E-state index is 12.8. The van der Waals surface area contributed by atoms with E-state index in [1.807, 2.05) is 0 Å². The molecular formula is C9H8F5NO4. The fourth-order valence-electron chi connectivity index (χ4n) is 1.59. The van der Waals surface area contributed by atoms with Gasteiger partial charge in [0, 0.05) is 19.5 Å². The van der Waals surface area contributed by atoms with Crippen LogP contribution in [0, 0.1) is 5.92 Å². The third kappa shape index (κ3) is 2.82. The Labute approximate surface area is 103 Å². The molecule has 5 nitrogen and oxygen atoms in total. The molecule has 0 aromatic heterocycles. The maximum atomic E-state index is 12.8. The van der Waals surface area contributed by atoms with Crippen LogP contribution in [-0.2, 0) is 9.59 Å². The van der Waals surface area contributed by atoms with Crippen LogP contribution >= 0.6 is 0 Å². The third-order valence-electron chi connectivity index (χ3n) is 2.67. The van der Waals surface area contributed by atoms with E-state index >= 15 is 0 Å². The van der Waals surface area contributed by atoms with Gasteiger partial charge in [-0.1, -0.05) is 0 Å². The molecule has 10 heteroatoms. The van der Waals surface area contributed by atoms with Crippen LogP contribution in [-0.4, -0.2) is 52.9 Å². The van der Waals surface area contributed by atoms with E-state index in [-0.39, 0.29) is 6.54 Å². The van der Waals surface area contributed by atoms with Crippen molar-refractivity contribution in [1.82, 2.24) is 4.90 Å². The molecule has 1 aliphatic heterocycles. The highest BCUT2D eigenvalue weighted by molar-refractivity contribution is 6.06. The fourth-order valence-corrected chi connectivity index (χ4v) is 1.59. The second kappa shape index (κ2) is 4.74. The molecule has 1 amide bonds. The maximum Gasteiger partial charge on any atom is 0.461 e. The summed E-state index contributed by atoms with van der Waals surface area (Å²) in [5.74, 6) is -11.7. The fraction of sp³-hybridized carbons (Fsp3) is 0.667. The minimum atomic E-state index is -6.12. The summed E-state index contributed by atoms with van der Waals surface area (Å²) in [6.07, 6.45) is -8.28. The molecule has 1 saturated heterocycles. The molecule has 1 atom stereocenters. The van der Waals surface area contributed by atoms with Crippen LogP contribution in [0.5, 0.6) is 0 Å². The molecule has 1 aliphatic rings. The van der Waals surface area contributed by atoms with Gasteiger partial charge in [0.2, 0.25) is 5.78 Å². The number of amides is 1. The first kappa shape index (κ1) is 15.3. The number of likely N-dealkylation sites (tertiary alicyclic amines) is 1. The van der Waals surface area contributed by atoms with Crippen LogP contribution in [0.2, 0.25) is 0 Å². The van der Waals surface area contributed by atoms with Gasteiger partial charge in [-0.2, -0.15) is 22.0 Å². The van der Waals surface area contributed by atoms with Gasteiger partial charge in [-0.05, 0) is 0 Å². The number of carbonyl (C=O) groups excluding carboxylic acids is 2. The van der Waals surface area contributed by atoms with Crippen molar-refractivity contribution in [2.45, 2.75) is 18.5 Å². The van der Waals surface area contributed by atoms with E-state index in [0.717, 1.165) is 0 Å². The average Bonchev–Trinajstić information content (AvgIpc) is 2.26. The van der Waals surface area contributed by atoms with Gasteiger partial charge in [-0.25, -0.2) is 4.79 Å². The molecule has 0 radical (unpaired) electrons. The lowest BCUT2D eigenvalue weighted by molar-refractivity contribution is -0.270. The Balaban J connectivity index is 2.97. The molecule has 0 aromatic carbocycles. The molecular weight excluding hydrogens is 281 g/mol. The highest BCUT2D eigenvalue weighted by atomic mass is 19.4. The number of nitrogens with zero attached hydrogens (tertiary/aromatic N) is 1. The lowest BCUT2D eigenvalue weighted by Gasteiger charge is -2.31. The Morgan fingerprint density at radius 2 is 1.74 bits per heavy atom. The molecule has 1 heterocycles. The van der Waals surface area contributed by atoms with E-state index < -0.39 is 48.6 Å². The average molecular weight is 289 g/mol. The number of rotatable bonds is 2. The number of ketones is 2. The summed E-state index contributed by atoms with van der Waals surface area (Å²) >= 11 is 0. The number of Topliss-reactive ketones (excluding diaryl/α,β-unsaturated/α-hetero) is 2. The second-order valence-electron chi connectivity index (χ2n) is 3.93.